The number of methoxy groups -OCH3 is 2. The number of ether oxygens (including phenoxy) is 2. The number of Topliss-reactive ketones (excluding diaryl/α,β-unsaturated/α-hetero) is 1. The number of hydrogen-bond acceptors (Lipinski definition) is 9. The molecule has 0 bridgehead atoms. The summed E-state index contributed by atoms with van der Waals surface area (Å²) in [4.78, 5) is 28.7. The topological polar surface area (TPSA) is 151 Å². The van der Waals surface area contributed by atoms with E-state index in [0.717, 1.165) is 28.3 Å². The highest BCUT2D eigenvalue weighted by molar-refractivity contribution is 6.27. The third-order valence-electron chi connectivity index (χ3n) is 5.19. The fourth-order valence-electron chi connectivity index (χ4n) is 3.14. The number of phenols is 1. The van der Waals surface area contributed by atoms with Gasteiger partial charge in [-0.15, -0.1) is 11.6 Å². The predicted octanol–water partition coefficient (Wildman–Crippen LogP) is 7.89. The van der Waals surface area contributed by atoms with Gasteiger partial charge in [0.25, 0.3) is 0 Å². The molecule has 242 valence electrons. The van der Waals surface area contributed by atoms with Crippen molar-refractivity contribution in [3.63, 3.8) is 0 Å². The lowest BCUT2D eigenvalue weighted by atomic mass is 10.2. The van der Waals surface area contributed by atoms with Gasteiger partial charge in [-0.05, 0) is 75.4 Å². The van der Waals surface area contributed by atoms with Crippen molar-refractivity contribution in [2.75, 3.05) is 20.1 Å². The fraction of sp³-hybridized carbons (Fsp3) is 0.235. The van der Waals surface area contributed by atoms with Gasteiger partial charge in [0.2, 0.25) is 17.7 Å². The number of amides is 1. The number of aromatic hydroxyl groups is 1. The Morgan fingerprint density at radius 3 is 1.64 bits per heavy atom. The zero-order chi connectivity index (χ0) is 31.8. The van der Waals surface area contributed by atoms with Crippen molar-refractivity contribution in [3.05, 3.63) is 102 Å². The van der Waals surface area contributed by atoms with Gasteiger partial charge in [0.15, 0.2) is 0 Å². The minimum atomic E-state index is -0.441. The molecule has 0 radical (unpaired) electrons. The minimum absolute atomic E-state index is 0. The van der Waals surface area contributed by atoms with Crippen LogP contribution in [0.4, 0.5) is 0 Å². The molecule has 2 heterocycles. The molecule has 2 aromatic heterocycles. The first-order chi connectivity index (χ1) is 20.6. The number of benzene rings is 3. The van der Waals surface area contributed by atoms with Gasteiger partial charge in [0.1, 0.15) is 35.6 Å². The lowest BCUT2D eigenvalue weighted by Gasteiger charge is -2.00. The van der Waals surface area contributed by atoms with E-state index in [2.05, 4.69) is 9.97 Å². The largest absolute Gasteiger partial charge is 0.508 e. The Morgan fingerprint density at radius 1 is 0.800 bits per heavy atom. The van der Waals surface area contributed by atoms with Crippen LogP contribution in [0.2, 0.25) is 0 Å². The Kier molecular flexibility index (Phi) is 18.4. The lowest BCUT2D eigenvalue weighted by Crippen LogP contribution is -2.10. The molecule has 0 aliphatic rings. The van der Waals surface area contributed by atoms with Crippen LogP contribution in [-0.4, -0.2) is 46.9 Å². The van der Waals surface area contributed by atoms with Crippen molar-refractivity contribution >= 4 is 23.3 Å². The monoisotopic (exact) mass is 639 g/mol. The summed E-state index contributed by atoms with van der Waals surface area (Å²) in [7, 11) is 3.18. The van der Waals surface area contributed by atoms with Gasteiger partial charge in [0.05, 0.1) is 31.5 Å². The van der Waals surface area contributed by atoms with Gasteiger partial charge in [0, 0.05) is 16.7 Å². The maximum Gasteiger partial charge on any atom is 0.248 e. The van der Waals surface area contributed by atoms with E-state index in [1.807, 2.05) is 44.2 Å². The molecule has 0 saturated carbocycles. The maximum atomic E-state index is 10.6. The van der Waals surface area contributed by atoms with Crippen LogP contribution < -0.4 is 15.2 Å². The molecule has 3 aromatic carbocycles. The van der Waals surface area contributed by atoms with Gasteiger partial charge >= 0.3 is 0 Å². The summed E-state index contributed by atoms with van der Waals surface area (Å²) in [5.74, 6) is 2.54. The van der Waals surface area contributed by atoms with Crippen LogP contribution in [0.3, 0.4) is 0 Å². The first-order valence-electron chi connectivity index (χ1n) is 12.8. The van der Waals surface area contributed by atoms with Crippen LogP contribution in [0.1, 0.15) is 43.5 Å². The van der Waals surface area contributed by atoms with Crippen LogP contribution in [0, 0.1) is 13.8 Å². The molecule has 0 fully saturated rings. The molecule has 5 rings (SSSR count). The first kappa shape index (κ1) is 39.9. The number of ketones is 1. The molecule has 3 N–H and O–H groups in total. The Bertz CT molecular complexity index is 1600. The van der Waals surface area contributed by atoms with Crippen LogP contribution in [0.15, 0.2) is 94.2 Å². The van der Waals surface area contributed by atoms with Crippen LogP contribution in [0.5, 0.6) is 17.2 Å². The molecule has 5 aromatic rings. The van der Waals surface area contributed by atoms with E-state index in [4.69, 9.17) is 35.6 Å². The quantitative estimate of drug-likeness (QED) is 0.177. The zero-order valence-electron chi connectivity index (χ0n) is 24.5. The van der Waals surface area contributed by atoms with Crippen LogP contribution in [-0.2, 0) is 4.79 Å². The molecule has 11 heteroatoms. The second-order valence-electron chi connectivity index (χ2n) is 8.80. The van der Waals surface area contributed by atoms with E-state index in [1.54, 1.807) is 69.2 Å². The summed E-state index contributed by atoms with van der Waals surface area (Å²) in [5, 5.41) is 9.21. The minimum Gasteiger partial charge on any atom is -0.508 e. The number of primary amides is 1. The number of halogens is 1. The molecule has 10 nitrogen and oxygen atoms in total. The van der Waals surface area contributed by atoms with Gasteiger partial charge in [-0.3, -0.25) is 9.59 Å². The molecule has 0 atom stereocenters. The Balaban J connectivity index is 0.000000592. The standard InChI is InChI=1S/C11H11NO2.C10H9NO2.C8H9NO2.C3H5ClO.2CH4/c1-8-7-14-11(12-8)9-4-3-5-10(6-9)13-2;1-7-6-13-10(11-7)8-3-2-4-9(12)5-8;1-11-7-4-2-3-6(5-7)8(9)10;1-3(5)2-4;;/h3-7H,1-2H3;2-6,12H,1H3;2-5H,1H3,(H2,9,10);2H2,1H3;2*1H4. The number of nitrogens with zero attached hydrogens (tertiary/aromatic N) is 2. The predicted molar refractivity (Wildman–Crippen MR) is 178 cm³/mol. The summed E-state index contributed by atoms with van der Waals surface area (Å²) < 4.78 is 20.5. The van der Waals surface area contributed by atoms with Gasteiger partial charge < -0.3 is 29.1 Å². The lowest BCUT2D eigenvalue weighted by molar-refractivity contribution is -0.114. The summed E-state index contributed by atoms with van der Waals surface area (Å²) in [6.45, 7) is 5.20. The Hall–Kier alpha value is -5.09. The molecule has 45 heavy (non-hydrogen) atoms. The normalized spacial score (nSPS) is 9.20. The molecule has 1 amide bonds. The summed E-state index contributed by atoms with van der Waals surface area (Å²) in [6.07, 6.45) is 3.22. The highest BCUT2D eigenvalue weighted by Crippen LogP contribution is 2.23. The second kappa shape index (κ2) is 20.8. The first-order valence-corrected chi connectivity index (χ1v) is 13.4. The smallest absolute Gasteiger partial charge is 0.248 e. The van der Waals surface area contributed by atoms with Gasteiger partial charge in [-0.25, -0.2) is 9.97 Å². The van der Waals surface area contributed by atoms with Crippen molar-refractivity contribution in [1.82, 2.24) is 9.97 Å². The number of rotatable bonds is 6. The number of nitrogens with two attached hydrogens (primary N) is 1. The highest BCUT2D eigenvalue weighted by Gasteiger charge is 2.05. The Labute approximate surface area is 269 Å². The van der Waals surface area contributed by atoms with Crippen molar-refractivity contribution < 1.29 is 33.0 Å². The SMILES string of the molecule is C.C.CC(=O)CCl.COc1cccc(-c2nc(C)co2)c1.COc1cccc(C(N)=O)c1.Cc1coc(-c2cccc(O)c2)n1. The number of hydrogen-bond donors (Lipinski definition) is 2. The molecule has 0 saturated heterocycles. The molecule has 0 spiro atoms. The van der Waals surface area contributed by atoms with E-state index in [-0.39, 0.29) is 32.3 Å². The zero-order valence-corrected chi connectivity index (χ0v) is 25.3. The van der Waals surface area contributed by atoms with Crippen molar-refractivity contribution in [3.8, 4) is 40.2 Å². The Morgan fingerprint density at radius 2 is 1.24 bits per heavy atom. The summed E-state index contributed by atoms with van der Waals surface area (Å²) >= 11 is 4.99. The third kappa shape index (κ3) is 14.3. The van der Waals surface area contributed by atoms with E-state index in [1.165, 1.54) is 6.92 Å². The summed E-state index contributed by atoms with van der Waals surface area (Å²) in [5.41, 5.74) is 8.93. The number of aryl methyl sites for hydroxylation is 2. The van der Waals surface area contributed by atoms with E-state index >= 15 is 0 Å². The molecular weight excluding hydrogens is 598 g/mol. The van der Waals surface area contributed by atoms with E-state index < -0.39 is 5.91 Å². The van der Waals surface area contributed by atoms with Crippen molar-refractivity contribution in [2.45, 2.75) is 35.6 Å². The number of aromatic nitrogens is 2. The van der Waals surface area contributed by atoms with Crippen molar-refractivity contribution in [1.29, 1.82) is 0 Å². The number of oxazole rings is 2. The molecule has 0 unspecified atom stereocenters. The number of alkyl halides is 1. The fourth-order valence-corrected chi connectivity index (χ4v) is 3.14. The van der Waals surface area contributed by atoms with Crippen LogP contribution >= 0.6 is 11.6 Å². The van der Waals surface area contributed by atoms with Gasteiger partial charge in [-0.1, -0.05) is 33.1 Å². The van der Waals surface area contributed by atoms with Crippen molar-refractivity contribution in [2.24, 2.45) is 5.73 Å². The highest BCUT2D eigenvalue weighted by atomic mass is 35.5. The summed E-state index contributed by atoms with van der Waals surface area (Å²) in [6, 6.07) is 21.2. The second-order valence-corrected chi connectivity index (χ2v) is 9.07. The van der Waals surface area contributed by atoms with Crippen LogP contribution in [0.25, 0.3) is 22.9 Å². The molecule has 0 aliphatic heterocycles. The average molecular weight is 640 g/mol. The number of carbonyl (C=O) groups is 2. The van der Waals surface area contributed by atoms with E-state index in [9.17, 15) is 14.7 Å². The van der Waals surface area contributed by atoms with E-state index in [0.29, 0.717) is 23.1 Å². The number of carbonyl (C=O) groups excluding carboxylic acids is 2. The average Bonchev–Trinajstić information content (AvgIpc) is 3.66. The maximum absolute atomic E-state index is 10.6. The third-order valence-corrected chi connectivity index (χ3v) is 5.57. The molecule has 0 aliphatic carbocycles. The van der Waals surface area contributed by atoms with Gasteiger partial charge in [-0.2, -0.15) is 0 Å². The molecular formula is C34H42ClN3O7. The number of phenolic OH excluding ortho intramolecular Hbond substituents is 1.